The number of carbonyl (C=O) groups is 12. The molecule has 32 nitrogen and oxygen atoms in total. The van der Waals surface area contributed by atoms with Gasteiger partial charge in [-0.25, -0.2) is 28.8 Å². The number of hydrogen-bond donors (Lipinski definition) is 13. The zero-order chi connectivity index (χ0) is 102. The number of benzene rings is 8. The molecule has 0 aromatic heterocycles. The molecule has 0 saturated carbocycles. The predicted octanol–water partition coefficient (Wildman–Crippen LogP) is 11.6. The average Bonchev–Trinajstić information content (AvgIpc) is 1.63. The van der Waals surface area contributed by atoms with Gasteiger partial charge < -0.3 is 99.6 Å². The lowest BCUT2D eigenvalue weighted by atomic mass is 9.98. The maximum Gasteiger partial charge on any atom is 0.410 e. The summed E-state index contributed by atoms with van der Waals surface area (Å²) in [6, 6.07) is 60.9. The van der Waals surface area contributed by atoms with Gasteiger partial charge in [-0.15, -0.1) is 0 Å². The van der Waals surface area contributed by atoms with Crippen LogP contribution in [0.5, 0.6) is 0 Å². The fraction of sp³-hybridized carbons (Fsp3) is 0.400. The summed E-state index contributed by atoms with van der Waals surface area (Å²) in [6.07, 6.45) is 2.59. The minimum Gasteiger partial charge on any atom is -0.449 e. The molecule has 8 aromatic rings. The Morgan fingerprint density at radius 1 is 0.381 bits per heavy atom. The number of ether oxygens (including phenoxy) is 6. The molecule has 34 heteroatoms. The van der Waals surface area contributed by atoms with Crippen molar-refractivity contribution >= 4 is 91.5 Å². The second kappa shape index (κ2) is 50.2. The van der Waals surface area contributed by atoms with Crippen molar-refractivity contribution in [3.63, 3.8) is 0 Å². The molecule has 0 radical (unpaired) electrons. The summed E-state index contributed by atoms with van der Waals surface area (Å²) >= 11 is 0. The lowest BCUT2D eigenvalue weighted by Gasteiger charge is -2.28. The third-order valence-corrected chi connectivity index (χ3v) is 23.4. The molecule has 6 aliphatic rings. The second-order valence-electron chi connectivity index (χ2n) is 35.1. The molecule has 18 N–H and O–H groups in total. The maximum atomic E-state index is 12.9. The molecule has 0 unspecified atom stereocenters. The Balaban J connectivity index is 0.000000205. The fourth-order valence-corrected chi connectivity index (χ4v) is 17.1. The number of carbonyl (C=O) groups excluding carboxylic acids is 12. The summed E-state index contributed by atoms with van der Waals surface area (Å²) in [6.45, 7) is 13.8. The number of hydrogen-bond acceptors (Lipinski definition) is 20. The van der Waals surface area contributed by atoms with Gasteiger partial charge in [0.2, 0.25) is 35.4 Å². The van der Waals surface area contributed by atoms with E-state index < -0.39 is 127 Å². The smallest absolute Gasteiger partial charge is 0.410 e. The summed E-state index contributed by atoms with van der Waals surface area (Å²) in [5, 5.41) is 21.7. The molecule has 8 aromatic carbocycles. The highest BCUT2D eigenvalue weighted by molar-refractivity contribution is 6.92. The van der Waals surface area contributed by atoms with Gasteiger partial charge in [-0.05, 0) is 214 Å². The molecule has 2 fully saturated rings. The van der Waals surface area contributed by atoms with E-state index in [4.69, 9.17) is 64.8 Å². The predicted molar refractivity (Wildman–Crippen MR) is 520 cm³/mol. The summed E-state index contributed by atoms with van der Waals surface area (Å²) in [7, 11) is -3.74. The lowest BCUT2D eigenvalue weighted by Crippen LogP contribution is -2.53. The number of primary amides is 4. The summed E-state index contributed by atoms with van der Waals surface area (Å²) in [5.41, 5.74) is 44.2. The average molecular weight is 1890 g/mol. The quantitative estimate of drug-likeness (QED) is 0.0103. The van der Waals surface area contributed by atoms with Gasteiger partial charge in [0.05, 0.1) is 19.8 Å². The van der Waals surface area contributed by atoms with E-state index in [9.17, 15) is 57.5 Å². The number of rotatable bonds is 33. The van der Waals surface area contributed by atoms with E-state index in [1.165, 1.54) is 38.3 Å². The van der Waals surface area contributed by atoms with Crippen LogP contribution in [-0.4, -0.2) is 198 Å². The third-order valence-electron chi connectivity index (χ3n) is 23.4. The number of fused-ring (bicyclic) bond motifs is 12. The minimum atomic E-state index is -1.87. The first-order chi connectivity index (χ1) is 66.8. The van der Waals surface area contributed by atoms with Crippen molar-refractivity contribution in [2.75, 3.05) is 65.7 Å². The molecule has 4 aliphatic carbocycles. The van der Waals surface area contributed by atoms with Crippen LogP contribution in [0.25, 0.3) is 44.5 Å². The Labute approximate surface area is 795 Å². The molecule has 716 valence electrons. The van der Waals surface area contributed by atoms with E-state index in [2.05, 4.69) is 140 Å². The van der Waals surface area contributed by atoms with Crippen molar-refractivity contribution in [3.05, 3.63) is 239 Å². The van der Waals surface area contributed by atoms with Crippen molar-refractivity contribution in [3.8, 4) is 44.5 Å². The van der Waals surface area contributed by atoms with Crippen molar-refractivity contribution in [2.45, 2.75) is 190 Å². The summed E-state index contributed by atoms with van der Waals surface area (Å²) in [4.78, 5) is 146. The standard InChI is InChI=1S/C30H38N4O6.C25H30N4O4.C25H31N3O5.C20H23N3O3.2H3P/c1-30(2,3)40-29(38)34-17-9-15-25(34)27(36)33-24(26(31)35)14-8-16-32-28(37)39-18-23-21-12-6-4-10-19(21)20-11-5-7-13-22(20)23;26-23(30)21(29-24(31)22-12-6-13-27-22)11-5-14-28-25(32)33-15-20-18-9-3-1-7-16(18)17-8-2-4-10-19(17)20;1-25(2,3)33-24(31)28-21(22(26)29)13-8-14-27-23(30)32-15-20-18-11-6-4-9-16(18)17-10-5-7-12-19(17)20;21-18(19(22)24)10-5-11-23-20(25)26-12-17-15-8-3-1-6-13(15)14-7-2-4-9-16(14)17;;/h4-7,10-13,23-25H,8-9,14-18H2,1-3H3,(H2,31,35)(H,32,37)(H,33,36);1-4,7-10,20-22,27H,5-6,11-15H2,(H2,26,30)(H,28,32)(H,29,31);4-7,9-12,20-21H,8,13-15H2,1-3H3,(H2,26,29)(H,27,30)(H,28,31);1-4,6-9,17-18H,5,10-12,21H2,(H2,22,24)(H,23,25);2*1H3/t24-,25-;21-,22-;21-;18-;;/m0000../s1/i;;;;2*1T3. The van der Waals surface area contributed by atoms with Crippen LogP contribution in [0.4, 0.5) is 28.8 Å². The van der Waals surface area contributed by atoms with Crippen LogP contribution < -0.4 is 71.2 Å². The van der Waals surface area contributed by atoms with Crippen LogP contribution in [-0.2, 0) is 57.2 Å². The molecule has 134 heavy (non-hydrogen) atoms. The molecular formula is C100H128N14O18P2. The van der Waals surface area contributed by atoms with Gasteiger partial charge in [-0.1, -0.05) is 194 Å². The zero-order valence-corrected chi connectivity index (χ0v) is 78.2. The molecular weight excluding hydrogens is 1750 g/mol. The van der Waals surface area contributed by atoms with Gasteiger partial charge in [0, 0.05) is 56.4 Å². The molecule has 0 bridgehead atoms. The van der Waals surface area contributed by atoms with Gasteiger partial charge in [0.1, 0.15) is 61.8 Å². The number of amides is 12. The van der Waals surface area contributed by atoms with E-state index in [0.29, 0.717) is 71.0 Å². The summed E-state index contributed by atoms with van der Waals surface area (Å²) < 4.78 is 68.4. The van der Waals surface area contributed by atoms with E-state index >= 15 is 0 Å². The number of nitrogens with one attached hydrogen (secondary N) is 8. The Morgan fingerprint density at radius 2 is 0.657 bits per heavy atom. The zero-order valence-electron chi connectivity index (χ0n) is 82.4. The monoisotopic (exact) mass is 1890 g/mol. The van der Waals surface area contributed by atoms with Crippen LogP contribution in [0.3, 0.4) is 0 Å². The molecule has 14 rings (SSSR count). The Kier molecular flexibility index (Phi) is 35.8. The molecule has 2 heterocycles. The first kappa shape index (κ1) is 95.6. The first-order valence-corrected chi connectivity index (χ1v) is 44.9. The van der Waals surface area contributed by atoms with Crippen LogP contribution >= 0.6 is 19.5 Å². The minimum absolute atomic E-state index is 0.00167. The molecule has 2 saturated heterocycles. The largest absolute Gasteiger partial charge is 0.449 e. The highest BCUT2D eigenvalue weighted by Crippen LogP contribution is 2.48. The number of nitrogens with two attached hydrogens (primary N) is 5. The highest BCUT2D eigenvalue weighted by atomic mass is 31.0. The van der Waals surface area contributed by atoms with Crippen LogP contribution in [0.2, 0.25) is 0 Å². The third kappa shape index (κ3) is 29.2. The lowest BCUT2D eigenvalue weighted by molar-refractivity contribution is -0.130. The topological polar surface area (TPSA) is 490 Å². The molecule has 12 amide bonds. The van der Waals surface area contributed by atoms with Crippen LogP contribution in [0.1, 0.15) is 187 Å². The van der Waals surface area contributed by atoms with Crippen LogP contribution in [0.15, 0.2) is 194 Å². The SMILES string of the molecule is CC(C)(C)OC(=O)N1CCC[C@H]1C(=O)N[C@@H](CCCNC(=O)OCC1c2ccccc2-c2ccccc21)C(N)=O.CC(C)(C)OC(=O)N[C@@H](CCCNC(=O)OCC1c2ccccc2-c2ccccc21)C(N)=O.NC(=O)[C@@H](N)CCCNC(=O)OCC1c2ccccc2-c2ccccc21.NC(=O)[C@H](CCCNC(=O)OCC1c2ccccc2-c2ccccc21)NC(=O)[C@@H]1CCCN1.[3H]P([3H])[3H].[3H]P([3H])[3H]. The summed E-state index contributed by atoms with van der Waals surface area (Å²) in [5.74, 6) is -3.13. The van der Waals surface area contributed by atoms with Crippen molar-refractivity contribution in [2.24, 2.45) is 28.7 Å². The molecule has 6 atom stereocenters. The van der Waals surface area contributed by atoms with E-state index in [1.807, 2.05) is 97.1 Å². The molecule has 2 aliphatic heterocycles. The molecule has 0 spiro atoms. The van der Waals surface area contributed by atoms with Gasteiger partial charge in [-0.3, -0.25) is 33.7 Å². The van der Waals surface area contributed by atoms with Gasteiger partial charge >= 0.3 is 36.6 Å². The van der Waals surface area contributed by atoms with Gasteiger partial charge in [-0.2, -0.15) is 19.5 Å². The Morgan fingerprint density at radius 3 is 0.925 bits per heavy atom. The number of likely N-dealkylation sites (tertiary alicyclic amines) is 1. The maximum absolute atomic E-state index is 12.9. The van der Waals surface area contributed by atoms with E-state index in [1.54, 1.807) is 41.5 Å². The Hall–Kier alpha value is -13.0. The van der Waals surface area contributed by atoms with Crippen molar-refractivity contribution in [1.82, 2.24) is 47.4 Å². The number of nitrogens with zero attached hydrogens (tertiary/aromatic N) is 1. The first-order valence-electron chi connectivity index (χ1n) is 47.6. The van der Waals surface area contributed by atoms with E-state index in [-0.39, 0.29) is 88.0 Å². The van der Waals surface area contributed by atoms with Crippen molar-refractivity contribution < 1.29 is 86.0 Å². The van der Waals surface area contributed by atoms with Crippen molar-refractivity contribution in [1.29, 1.82) is 7.67 Å². The van der Waals surface area contributed by atoms with E-state index in [0.717, 1.165) is 75.0 Å². The number of alkyl carbamates (subject to hydrolysis) is 5. The normalized spacial score (nSPS) is 15.9. The Bertz CT molecular complexity index is 5370. The van der Waals surface area contributed by atoms with Gasteiger partial charge in [0.25, 0.3) is 0 Å². The highest BCUT2D eigenvalue weighted by Gasteiger charge is 2.40. The van der Waals surface area contributed by atoms with Gasteiger partial charge in [0.15, 0.2) is 0 Å². The second-order valence-corrected chi connectivity index (χ2v) is 35.1. The fourth-order valence-electron chi connectivity index (χ4n) is 17.1. The van der Waals surface area contributed by atoms with Crippen LogP contribution in [0, 0.1) is 0 Å².